The number of halogens is 2. The van der Waals surface area contributed by atoms with Gasteiger partial charge in [-0.15, -0.1) is 0 Å². The van der Waals surface area contributed by atoms with Gasteiger partial charge in [-0.3, -0.25) is 22.9 Å². The van der Waals surface area contributed by atoms with Crippen LogP contribution in [-0.4, -0.2) is 40.9 Å². The van der Waals surface area contributed by atoms with Crippen LogP contribution in [0.15, 0.2) is 54.7 Å². The van der Waals surface area contributed by atoms with Gasteiger partial charge >= 0.3 is 15.6 Å². The second-order valence-corrected chi connectivity index (χ2v) is 19.3. The van der Waals surface area contributed by atoms with Gasteiger partial charge in [0, 0.05) is 34.2 Å². The van der Waals surface area contributed by atoms with Gasteiger partial charge in [0.1, 0.15) is 5.75 Å². The Kier molecular flexibility index (Phi) is 10.5. The fourth-order valence-electron chi connectivity index (χ4n) is 5.66. The highest BCUT2D eigenvalue weighted by Crippen LogP contribution is 2.70. The zero-order chi connectivity index (χ0) is 35.4. The Hall–Kier alpha value is -1.79. The monoisotopic (exact) mass is 843 g/mol. The van der Waals surface area contributed by atoms with Crippen molar-refractivity contribution in [3.63, 3.8) is 0 Å². The van der Waals surface area contributed by atoms with Crippen LogP contribution in [-0.2, 0) is 38.1 Å². The minimum Gasteiger partial charge on any atom is -0.484 e. The van der Waals surface area contributed by atoms with E-state index in [2.05, 4.69) is 34.7 Å². The number of aryl methyl sites for hydroxylation is 1. The molecule has 4 aromatic rings. The summed E-state index contributed by atoms with van der Waals surface area (Å²) in [6.07, 6.45) is 3.57. The number of hydrogen-bond donors (Lipinski definition) is 0. The number of phosphoric acid groups is 2. The van der Waals surface area contributed by atoms with Gasteiger partial charge in [-0.2, -0.15) is 4.31 Å². The summed E-state index contributed by atoms with van der Waals surface area (Å²) in [7, 11) is -8.71. The summed E-state index contributed by atoms with van der Waals surface area (Å²) in [6, 6.07) is 15.8. The van der Waals surface area contributed by atoms with E-state index in [0.717, 1.165) is 38.1 Å². The molecule has 6 rings (SSSR count). The second-order valence-electron chi connectivity index (χ2n) is 14.5. The van der Waals surface area contributed by atoms with E-state index in [0.29, 0.717) is 28.8 Å². The van der Waals surface area contributed by atoms with Crippen LogP contribution in [0.5, 0.6) is 5.75 Å². The molecule has 0 radical (unpaired) electrons. The molecule has 2 unspecified atom stereocenters. The minimum atomic E-state index is -4.40. The molecule has 2 heterocycles. The van der Waals surface area contributed by atoms with Crippen molar-refractivity contribution >= 4 is 77.3 Å². The number of rotatable bonds is 10. The van der Waals surface area contributed by atoms with Crippen LogP contribution in [0, 0.1) is 3.57 Å². The smallest absolute Gasteiger partial charge is 0.484 e. The summed E-state index contributed by atoms with van der Waals surface area (Å²) in [5, 5.41) is 3.42. The normalized spacial score (nSPS) is 23.6. The van der Waals surface area contributed by atoms with Crippen LogP contribution in [0.4, 0.5) is 0 Å². The number of nitrogens with zero attached hydrogens (tertiary/aromatic N) is 1. The molecule has 3 aromatic carbocycles. The van der Waals surface area contributed by atoms with Gasteiger partial charge in [0.2, 0.25) is 5.78 Å². The van der Waals surface area contributed by atoms with Gasteiger partial charge in [-0.05, 0) is 136 Å². The van der Waals surface area contributed by atoms with E-state index in [9.17, 15) is 13.9 Å². The molecule has 49 heavy (non-hydrogen) atoms. The van der Waals surface area contributed by atoms with Crippen LogP contribution >= 0.6 is 49.8 Å². The molecular formula is C35H41ClINO9P2. The molecule has 0 amide bonds. The summed E-state index contributed by atoms with van der Waals surface area (Å²) < 4.78 is 64.6. The van der Waals surface area contributed by atoms with E-state index in [1.807, 2.05) is 47.2 Å². The predicted octanol–water partition coefficient (Wildman–Crippen LogP) is 10.9. The number of aromatic nitrogens is 1. The fraction of sp³-hybridized carbons (Fsp3) is 0.457. The first-order valence-electron chi connectivity index (χ1n) is 16.2. The second kappa shape index (κ2) is 14.0. The van der Waals surface area contributed by atoms with Crippen LogP contribution < -0.4 is 4.74 Å². The van der Waals surface area contributed by atoms with Crippen LogP contribution in [0.1, 0.15) is 82.6 Å². The first-order valence-corrected chi connectivity index (χ1v) is 20.6. The molecule has 14 heteroatoms. The molecule has 0 spiro atoms. The van der Waals surface area contributed by atoms with E-state index in [1.54, 1.807) is 41.5 Å². The fourth-order valence-corrected chi connectivity index (χ4v) is 10.4. The quantitative estimate of drug-likeness (QED) is 0.0875. The zero-order valence-electron chi connectivity index (χ0n) is 28.4. The van der Waals surface area contributed by atoms with Crippen molar-refractivity contribution < 1.29 is 41.1 Å². The maximum absolute atomic E-state index is 13.9. The third-order valence-corrected chi connectivity index (χ3v) is 13.1. The van der Waals surface area contributed by atoms with Gasteiger partial charge in [-0.1, -0.05) is 29.8 Å². The minimum absolute atomic E-state index is 0.147. The van der Waals surface area contributed by atoms with Crippen molar-refractivity contribution in [1.82, 2.24) is 4.57 Å². The van der Waals surface area contributed by atoms with Crippen molar-refractivity contribution in [2.24, 2.45) is 0 Å². The predicted molar refractivity (Wildman–Crippen MR) is 199 cm³/mol. The highest BCUT2D eigenvalue weighted by molar-refractivity contribution is 14.1. The zero-order valence-corrected chi connectivity index (χ0v) is 33.1. The Balaban J connectivity index is 1.24. The molecule has 3 atom stereocenters. The Morgan fingerprint density at radius 1 is 0.959 bits per heavy atom. The SMILES string of the molecule is CC(C)(C)OP1(=O)OC[C@@H](CCn2cc(C(=O)COc3cc4ccc(Cl)cc4cc3I)c3ccc(C4CC4)cc32)OP(=O)(OC(C)(C)C)O1. The number of hydrogen-bond acceptors (Lipinski definition) is 9. The van der Waals surface area contributed by atoms with Crippen LogP contribution in [0.3, 0.4) is 0 Å². The van der Waals surface area contributed by atoms with Crippen LogP contribution in [0.25, 0.3) is 21.7 Å². The molecule has 1 saturated heterocycles. The molecule has 1 saturated carbocycles. The third kappa shape index (κ3) is 9.36. The lowest BCUT2D eigenvalue weighted by molar-refractivity contribution is 0.0427. The summed E-state index contributed by atoms with van der Waals surface area (Å²) in [6.45, 7) is 10.2. The standard InChI is InChI=1S/C35H41ClINO9P2/c1-34(2,3)45-48(40)43-20-27(44-49(41,47-48)46-35(4,5)6)13-14-38-19-29(28-12-10-23(17-31(28)38)22-7-8-22)32(39)21-42-33-18-24-9-11-26(36)15-25(24)16-30(33)37/h9-12,15-19,22,27H,7-8,13-14,20-21H2,1-6H3/t27-,48?,49?/m1/s1. The number of phosphoric ester groups is 2. The van der Waals surface area contributed by atoms with Gasteiger partial charge in [0.25, 0.3) is 0 Å². The van der Waals surface area contributed by atoms with Gasteiger partial charge < -0.3 is 9.30 Å². The Bertz CT molecular complexity index is 2000. The molecule has 1 aromatic heterocycles. The Morgan fingerprint density at radius 3 is 2.37 bits per heavy atom. The highest BCUT2D eigenvalue weighted by atomic mass is 127. The number of ether oxygens (including phenoxy) is 1. The van der Waals surface area contributed by atoms with Crippen molar-refractivity contribution in [1.29, 1.82) is 0 Å². The number of Topliss-reactive ketones (excluding diaryl/α,β-unsaturated/α-hetero) is 1. The molecule has 0 bridgehead atoms. The highest BCUT2D eigenvalue weighted by Gasteiger charge is 2.49. The first kappa shape index (κ1) is 37.0. The molecule has 1 aliphatic carbocycles. The lowest BCUT2D eigenvalue weighted by Gasteiger charge is -2.28. The molecule has 2 fully saturated rings. The lowest BCUT2D eigenvalue weighted by Crippen LogP contribution is -2.22. The van der Waals surface area contributed by atoms with Crippen molar-refractivity contribution in [2.75, 3.05) is 13.2 Å². The molecule has 1 aliphatic heterocycles. The van der Waals surface area contributed by atoms with Gasteiger partial charge in [0.05, 0.1) is 27.5 Å². The van der Waals surface area contributed by atoms with Gasteiger partial charge in [-0.25, -0.2) is 9.13 Å². The number of ketones is 1. The number of benzene rings is 3. The molecule has 264 valence electrons. The maximum atomic E-state index is 13.9. The summed E-state index contributed by atoms with van der Waals surface area (Å²) in [5.41, 5.74) is 0.790. The maximum Gasteiger partial charge on any atom is 0.484 e. The number of carbonyl (C=O) groups is 1. The Morgan fingerprint density at radius 2 is 1.67 bits per heavy atom. The van der Waals surface area contributed by atoms with E-state index >= 15 is 0 Å². The van der Waals surface area contributed by atoms with Crippen LogP contribution in [0.2, 0.25) is 5.02 Å². The summed E-state index contributed by atoms with van der Waals surface area (Å²) >= 11 is 8.37. The molecule has 10 nitrogen and oxygen atoms in total. The average Bonchev–Trinajstić information content (AvgIpc) is 3.77. The number of carbonyl (C=O) groups excluding carboxylic acids is 1. The average molecular weight is 844 g/mol. The largest absolute Gasteiger partial charge is 0.484 e. The topological polar surface area (TPSA) is 112 Å². The van der Waals surface area contributed by atoms with E-state index in [1.165, 1.54) is 5.56 Å². The lowest BCUT2D eigenvalue weighted by atomic mass is 10.1. The molecule has 0 N–H and O–H groups in total. The molecule has 2 aliphatic rings. The molecular weight excluding hydrogens is 803 g/mol. The summed E-state index contributed by atoms with van der Waals surface area (Å²) in [4.78, 5) is 13.7. The Labute approximate surface area is 305 Å². The first-order chi connectivity index (χ1) is 22.9. The van der Waals surface area contributed by atoms with Crippen molar-refractivity contribution in [2.45, 2.75) is 90.6 Å². The van der Waals surface area contributed by atoms with E-state index in [-0.39, 0.29) is 25.4 Å². The van der Waals surface area contributed by atoms with Crippen molar-refractivity contribution in [3.8, 4) is 5.75 Å². The summed E-state index contributed by atoms with van der Waals surface area (Å²) in [5.74, 6) is 0.958. The third-order valence-electron chi connectivity index (χ3n) is 7.83. The van der Waals surface area contributed by atoms with E-state index in [4.69, 9.17) is 38.7 Å². The van der Waals surface area contributed by atoms with E-state index < -0.39 is 33.0 Å². The number of fused-ring (bicyclic) bond motifs is 2. The van der Waals surface area contributed by atoms with Crippen molar-refractivity contribution in [3.05, 3.63) is 74.4 Å². The van der Waals surface area contributed by atoms with Gasteiger partial charge in [0.15, 0.2) is 6.61 Å².